The zero-order valence-corrected chi connectivity index (χ0v) is 11.5. The van der Waals surface area contributed by atoms with Gasteiger partial charge in [0.05, 0.1) is 25.2 Å². The van der Waals surface area contributed by atoms with E-state index in [9.17, 15) is 9.59 Å². The van der Waals surface area contributed by atoms with Crippen LogP contribution in [0.15, 0.2) is 24.3 Å². The summed E-state index contributed by atoms with van der Waals surface area (Å²) in [6.07, 6.45) is 1.84. The Bertz CT molecular complexity index is 409. The molecule has 0 aliphatic carbocycles. The van der Waals surface area contributed by atoms with Crippen molar-refractivity contribution < 1.29 is 19.1 Å². The van der Waals surface area contributed by atoms with E-state index < -0.39 is 0 Å². The molecule has 0 saturated carbocycles. The quantitative estimate of drug-likeness (QED) is 0.711. The molecular weight excluding hydrogens is 244 g/mol. The summed E-state index contributed by atoms with van der Waals surface area (Å²) in [6, 6.07) is 6.83. The molecule has 0 N–H and O–H groups in total. The summed E-state index contributed by atoms with van der Waals surface area (Å²) in [6.45, 7) is 4.76. The van der Waals surface area contributed by atoms with E-state index in [1.54, 1.807) is 24.3 Å². The fourth-order valence-electron chi connectivity index (χ4n) is 1.47. The van der Waals surface area contributed by atoms with Gasteiger partial charge in [-0.25, -0.2) is 4.79 Å². The molecule has 0 aromatic heterocycles. The first-order valence-electron chi connectivity index (χ1n) is 6.59. The molecule has 0 saturated heterocycles. The van der Waals surface area contributed by atoms with E-state index in [2.05, 4.69) is 0 Å². The maximum Gasteiger partial charge on any atom is 0.338 e. The smallest absolute Gasteiger partial charge is 0.338 e. The van der Waals surface area contributed by atoms with E-state index in [-0.39, 0.29) is 18.4 Å². The van der Waals surface area contributed by atoms with Gasteiger partial charge in [-0.05, 0) is 30.5 Å². The summed E-state index contributed by atoms with van der Waals surface area (Å²) in [7, 11) is 0. The number of carbonyl (C=O) groups is 2. The molecule has 1 aromatic carbocycles. The lowest BCUT2D eigenvalue weighted by molar-refractivity contribution is -0.142. The van der Waals surface area contributed by atoms with Crippen LogP contribution < -0.4 is 0 Å². The molecule has 0 bridgehead atoms. The lowest BCUT2D eigenvalue weighted by atomic mass is 10.1. The van der Waals surface area contributed by atoms with Crippen LogP contribution in [0, 0.1) is 0 Å². The molecule has 1 aromatic rings. The molecule has 0 fully saturated rings. The first-order valence-corrected chi connectivity index (χ1v) is 6.59. The Kier molecular flexibility index (Phi) is 6.64. The van der Waals surface area contributed by atoms with Crippen molar-refractivity contribution in [1.29, 1.82) is 0 Å². The molecule has 19 heavy (non-hydrogen) atoms. The number of esters is 2. The summed E-state index contributed by atoms with van der Waals surface area (Å²) < 4.78 is 10.0. The van der Waals surface area contributed by atoms with Gasteiger partial charge in [-0.2, -0.15) is 0 Å². The average Bonchev–Trinajstić information content (AvgIpc) is 2.43. The summed E-state index contributed by atoms with van der Waals surface area (Å²) in [5.74, 6) is -0.579. The first kappa shape index (κ1) is 15.2. The predicted molar refractivity (Wildman–Crippen MR) is 72.0 cm³/mol. The maximum atomic E-state index is 11.6. The van der Waals surface area contributed by atoms with Crippen LogP contribution in [0.5, 0.6) is 0 Å². The third-order valence-corrected chi connectivity index (χ3v) is 2.44. The number of benzene rings is 1. The zero-order chi connectivity index (χ0) is 14.1. The monoisotopic (exact) mass is 264 g/mol. The standard InChI is InChI=1S/C15H20O4/c1-3-9-18-14(16)11-12-5-7-13(8-6-12)15(17)19-10-4-2/h5-8H,3-4,9-11H2,1-2H3. The van der Waals surface area contributed by atoms with E-state index in [1.165, 1.54) is 0 Å². The summed E-state index contributed by atoms with van der Waals surface area (Å²) in [5.41, 5.74) is 1.33. The van der Waals surface area contributed by atoms with E-state index in [4.69, 9.17) is 9.47 Å². The minimum Gasteiger partial charge on any atom is -0.465 e. The number of carbonyl (C=O) groups excluding carboxylic acids is 2. The van der Waals surface area contributed by atoms with Gasteiger partial charge >= 0.3 is 11.9 Å². The number of hydrogen-bond acceptors (Lipinski definition) is 4. The highest BCUT2D eigenvalue weighted by Gasteiger charge is 2.08. The highest BCUT2D eigenvalue weighted by atomic mass is 16.5. The van der Waals surface area contributed by atoms with Crippen LogP contribution in [0.4, 0.5) is 0 Å². The van der Waals surface area contributed by atoms with Gasteiger partial charge in [0.15, 0.2) is 0 Å². The lowest BCUT2D eigenvalue weighted by Crippen LogP contribution is -2.09. The van der Waals surface area contributed by atoms with Crippen LogP contribution in [-0.2, 0) is 20.7 Å². The normalized spacial score (nSPS) is 10.0. The fourth-order valence-corrected chi connectivity index (χ4v) is 1.47. The average molecular weight is 264 g/mol. The van der Waals surface area contributed by atoms with Crippen LogP contribution in [0.1, 0.15) is 42.6 Å². The van der Waals surface area contributed by atoms with Gasteiger partial charge in [0.25, 0.3) is 0 Å². The molecule has 4 nitrogen and oxygen atoms in total. The molecule has 1 rings (SSSR count). The minimum absolute atomic E-state index is 0.226. The van der Waals surface area contributed by atoms with E-state index in [0.717, 1.165) is 18.4 Å². The highest BCUT2D eigenvalue weighted by Crippen LogP contribution is 2.07. The van der Waals surface area contributed by atoms with Crippen molar-refractivity contribution in [3.63, 3.8) is 0 Å². The Morgan fingerprint density at radius 2 is 1.53 bits per heavy atom. The zero-order valence-electron chi connectivity index (χ0n) is 11.5. The molecule has 0 radical (unpaired) electrons. The summed E-state index contributed by atoms with van der Waals surface area (Å²) in [5, 5.41) is 0. The van der Waals surface area contributed by atoms with Gasteiger partial charge in [-0.1, -0.05) is 26.0 Å². The summed E-state index contributed by atoms with van der Waals surface area (Å²) in [4.78, 5) is 23.0. The van der Waals surface area contributed by atoms with Crippen molar-refractivity contribution in [2.45, 2.75) is 33.1 Å². The second-order valence-corrected chi connectivity index (χ2v) is 4.23. The highest BCUT2D eigenvalue weighted by molar-refractivity contribution is 5.89. The van der Waals surface area contributed by atoms with Crippen molar-refractivity contribution in [3.05, 3.63) is 35.4 Å². The Hall–Kier alpha value is -1.84. The summed E-state index contributed by atoms with van der Waals surface area (Å²) >= 11 is 0. The topological polar surface area (TPSA) is 52.6 Å². The molecular formula is C15H20O4. The van der Waals surface area contributed by atoms with Gasteiger partial charge < -0.3 is 9.47 Å². The maximum absolute atomic E-state index is 11.6. The second kappa shape index (κ2) is 8.29. The minimum atomic E-state index is -0.332. The van der Waals surface area contributed by atoms with Gasteiger partial charge in [0.1, 0.15) is 0 Å². The van der Waals surface area contributed by atoms with Crippen molar-refractivity contribution >= 4 is 11.9 Å². The van der Waals surface area contributed by atoms with Crippen LogP contribution in [0.25, 0.3) is 0 Å². The SMILES string of the molecule is CCCOC(=O)Cc1ccc(C(=O)OCCC)cc1. The Labute approximate surface area is 113 Å². The van der Waals surface area contributed by atoms with E-state index >= 15 is 0 Å². The second-order valence-electron chi connectivity index (χ2n) is 4.23. The molecule has 0 aliphatic rings. The van der Waals surface area contributed by atoms with Crippen LogP contribution >= 0.6 is 0 Å². The van der Waals surface area contributed by atoms with Crippen LogP contribution in [0.2, 0.25) is 0 Å². The van der Waals surface area contributed by atoms with Gasteiger partial charge in [-0.3, -0.25) is 4.79 Å². The van der Waals surface area contributed by atoms with Crippen molar-refractivity contribution in [1.82, 2.24) is 0 Å². The first-order chi connectivity index (χ1) is 9.17. The molecule has 0 unspecified atom stereocenters. The molecule has 0 spiro atoms. The molecule has 0 atom stereocenters. The number of ether oxygens (including phenoxy) is 2. The van der Waals surface area contributed by atoms with Gasteiger partial charge in [0, 0.05) is 0 Å². The largest absolute Gasteiger partial charge is 0.465 e. The third kappa shape index (κ3) is 5.55. The van der Waals surface area contributed by atoms with E-state index in [0.29, 0.717) is 18.8 Å². The third-order valence-electron chi connectivity index (χ3n) is 2.44. The van der Waals surface area contributed by atoms with Crippen LogP contribution in [0.3, 0.4) is 0 Å². The molecule has 0 heterocycles. The Morgan fingerprint density at radius 1 is 0.947 bits per heavy atom. The molecule has 4 heteroatoms. The van der Waals surface area contributed by atoms with Gasteiger partial charge in [0.2, 0.25) is 0 Å². The fraction of sp³-hybridized carbons (Fsp3) is 0.467. The predicted octanol–water partition coefficient (Wildman–Crippen LogP) is 2.75. The van der Waals surface area contributed by atoms with Crippen molar-refractivity contribution in [2.75, 3.05) is 13.2 Å². The molecule has 0 aliphatic heterocycles. The number of rotatable bonds is 7. The van der Waals surface area contributed by atoms with Crippen molar-refractivity contribution in [2.24, 2.45) is 0 Å². The van der Waals surface area contributed by atoms with E-state index in [1.807, 2.05) is 13.8 Å². The molecule has 104 valence electrons. The van der Waals surface area contributed by atoms with Gasteiger partial charge in [-0.15, -0.1) is 0 Å². The van der Waals surface area contributed by atoms with Crippen LogP contribution in [-0.4, -0.2) is 25.2 Å². The Balaban J connectivity index is 2.51. The van der Waals surface area contributed by atoms with Crippen molar-refractivity contribution in [3.8, 4) is 0 Å². The Morgan fingerprint density at radius 3 is 2.11 bits per heavy atom. The number of hydrogen-bond donors (Lipinski definition) is 0. The molecule has 0 amide bonds. The lowest BCUT2D eigenvalue weighted by Gasteiger charge is -2.05.